The molecule has 1 atom stereocenters. The van der Waals surface area contributed by atoms with E-state index in [1.54, 1.807) is 0 Å². The van der Waals surface area contributed by atoms with Gasteiger partial charge in [0.05, 0.1) is 5.02 Å². The average molecular weight is 286 g/mol. The van der Waals surface area contributed by atoms with Crippen LogP contribution in [0.25, 0.3) is 10.4 Å². The van der Waals surface area contributed by atoms with Crippen LogP contribution in [0.2, 0.25) is 5.02 Å². The van der Waals surface area contributed by atoms with Crippen molar-refractivity contribution in [2.75, 3.05) is 13.1 Å². The van der Waals surface area contributed by atoms with Crippen LogP contribution < -0.4 is 11.1 Å². The van der Waals surface area contributed by atoms with Gasteiger partial charge >= 0.3 is 0 Å². The van der Waals surface area contributed by atoms with E-state index >= 15 is 0 Å². The Morgan fingerprint density at radius 2 is 2.37 bits per heavy atom. The van der Waals surface area contributed by atoms with Crippen LogP contribution in [0.15, 0.2) is 23.3 Å². The highest BCUT2D eigenvalue weighted by Crippen LogP contribution is 2.20. The first-order chi connectivity index (χ1) is 9.06. The molecule has 1 aromatic carbocycles. The Morgan fingerprint density at radius 3 is 2.95 bits per heavy atom. The molecule has 8 heteroatoms. The molecule has 0 heterocycles. The molecule has 1 aromatic rings. The molecule has 0 aliphatic rings. The van der Waals surface area contributed by atoms with Gasteiger partial charge < -0.3 is 11.1 Å². The van der Waals surface area contributed by atoms with Crippen LogP contribution in [0.4, 0.5) is 4.39 Å². The van der Waals surface area contributed by atoms with Crippen LogP contribution in [0.1, 0.15) is 18.0 Å². The first-order valence-electron chi connectivity index (χ1n) is 5.54. The third-order valence-corrected chi connectivity index (χ3v) is 2.70. The molecule has 0 fully saturated rings. The zero-order chi connectivity index (χ0) is 14.3. The van der Waals surface area contributed by atoms with Gasteiger partial charge in [0.15, 0.2) is 0 Å². The molecule has 1 rings (SSSR count). The van der Waals surface area contributed by atoms with Crippen LogP contribution in [0, 0.1) is 5.82 Å². The first-order valence-corrected chi connectivity index (χ1v) is 5.92. The van der Waals surface area contributed by atoms with Crippen molar-refractivity contribution in [1.82, 2.24) is 5.32 Å². The molecule has 1 unspecified atom stereocenters. The maximum atomic E-state index is 13.0. The quantitative estimate of drug-likeness (QED) is 0.347. The predicted octanol–water partition coefficient (Wildman–Crippen LogP) is 2.30. The van der Waals surface area contributed by atoms with Crippen LogP contribution in [-0.4, -0.2) is 19.0 Å². The summed E-state index contributed by atoms with van der Waals surface area (Å²) in [5.41, 5.74) is 13.9. The van der Waals surface area contributed by atoms with E-state index in [-0.39, 0.29) is 5.02 Å². The second kappa shape index (κ2) is 7.58. The molecular weight excluding hydrogens is 273 g/mol. The van der Waals surface area contributed by atoms with Gasteiger partial charge in [-0.2, -0.15) is 0 Å². The number of hydrogen-bond donors (Lipinski definition) is 2. The lowest BCUT2D eigenvalue weighted by atomic mass is 10.1. The number of hydrogen-bond acceptors (Lipinski definition) is 3. The first kappa shape index (κ1) is 15.2. The molecule has 0 radical (unpaired) electrons. The fourth-order valence-electron chi connectivity index (χ4n) is 1.52. The summed E-state index contributed by atoms with van der Waals surface area (Å²) in [4.78, 5) is 14.0. The third kappa shape index (κ3) is 4.75. The number of carbonyl (C=O) groups is 1. The van der Waals surface area contributed by atoms with Crippen LogP contribution in [0.5, 0.6) is 0 Å². The number of rotatable bonds is 7. The van der Waals surface area contributed by atoms with Crippen LogP contribution in [-0.2, 0) is 4.79 Å². The third-order valence-electron chi connectivity index (χ3n) is 2.41. The summed E-state index contributed by atoms with van der Waals surface area (Å²) in [6, 6.07) is 3.21. The van der Waals surface area contributed by atoms with E-state index in [4.69, 9.17) is 22.9 Å². The number of carbonyl (C=O) groups excluding carboxylic acids is 1. The molecule has 0 spiro atoms. The number of azide groups is 1. The smallest absolute Gasteiger partial charge is 0.239 e. The molecule has 102 valence electrons. The standard InChI is InChI=1S/C11H13ClFN5O/c12-8-6-7(2-3-9(8)13)10(11(14)19)16-4-1-5-17-18-15/h2-3,6,10,16H,1,4-5H2,(H2,14,19). The van der Waals surface area contributed by atoms with Gasteiger partial charge in [0.1, 0.15) is 11.9 Å². The number of nitrogens with zero attached hydrogens (tertiary/aromatic N) is 3. The van der Waals surface area contributed by atoms with Gasteiger partial charge in [-0.1, -0.05) is 22.8 Å². The van der Waals surface area contributed by atoms with E-state index in [0.717, 1.165) is 0 Å². The highest BCUT2D eigenvalue weighted by Gasteiger charge is 2.17. The molecule has 19 heavy (non-hydrogen) atoms. The van der Waals surface area contributed by atoms with Crippen molar-refractivity contribution >= 4 is 17.5 Å². The Labute approximate surface area is 114 Å². The highest BCUT2D eigenvalue weighted by molar-refractivity contribution is 6.30. The van der Waals surface area contributed by atoms with Gasteiger partial charge in [-0.05, 0) is 36.2 Å². The summed E-state index contributed by atoms with van der Waals surface area (Å²) in [6.45, 7) is 0.751. The Balaban J connectivity index is 2.69. The zero-order valence-corrected chi connectivity index (χ0v) is 10.8. The molecule has 0 saturated carbocycles. The van der Waals surface area contributed by atoms with Gasteiger partial charge in [0.25, 0.3) is 0 Å². The largest absolute Gasteiger partial charge is 0.368 e. The van der Waals surface area contributed by atoms with E-state index in [1.807, 2.05) is 0 Å². The molecule has 6 nitrogen and oxygen atoms in total. The number of amides is 1. The van der Waals surface area contributed by atoms with E-state index < -0.39 is 17.8 Å². The lowest BCUT2D eigenvalue weighted by Crippen LogP contribution is -2.34. The Kier molecular flexibility index (Phi) is 6.08. The van der Waals surface area contributed by atoms with E-state index in [9.17, 15) is 9.18 Å². The van der Waals surface area contributed by atoms with Gasteiger partial charge in [0.2, 0.25) is 5.91 Å². The van der Waals surface area contributed by atoms with Crippen molar-refractivity contribution in [1.29, 1.82) is 0 Å². The molecule has 0 aliphatic carbocycles. The highest BCUT2D eigenvalue weighted by atomic mass is 35.5. The maximum absolute atomic E-state index is 13.0. The maximum Gasteiger partial charge on any atom is 0.239 e. The van der Waals surface area contributed by atoms with Crippen LogP contribution >= 0.6 is 11.6 Å². The summed E-state index contributed by atoms with van der Waals surface area (Å²) in [6.07, 6.45) is 0.558. The number of primary amides is 1. The SMILES string of the molecule is [N-]=[N+]=NCCCNC(C(N)=O)c1ccc(F)c(Cl)c1. The number of nitrogens with one attached hydrogen (secondary N) is 1. The topological polar surface area (TPSA) is 104 Å². The minimum atomic E-state index is -0.760. The Morgan fingerprint density at radius 1 is 1.63 bits per heavy atom. The normalized spacial score (nSPS) is 11.7. The van der Waals surface area contributed by atoms with E-state index in [1.165, 1.54) is 18.2 Å². The summed E-state index contributed by atoms with van der Waals surface area (Å²) < 4.78 is 13.0. The number of benzene rings is 1. The van der Waals surface area contributed by atoms with Crippen molar-refractivity contribution in [2.24, 2.45) is 10.8 Å². The molecular formula is C11H13ClFN5O. The molecule has 0 aromatic heterocycles. The van der Waals surface area contributed by atoms with E-state index in [2.05, 4.69) is 15.3 Å². The summed E-state index contributed by atoms with van der Waals surface area (Å²) >= 11 is 5.66. The molecule has 0 bridgehead atoms. The Hall–Kier alpha value is -1.82. The number of nitrogens with two attached hydrogens (primary N) is 1. The van der Waals surface area contributed by atoms with Crippen molar-refractivity contribution in [3.63, 3.8) is 0 Å². The predicted molar refractivity (Wildman–Crippen MR) is 70.0 cm³/mol. The molecule has 3 N–H and O–H groups in total. The fraction of sp³-hybridized carbons (Fsp3) is 0.364. The summed E-state index contributed by atoms with van der Waals surface area (Å²) in [7, 11) is 0. The second-order valence-corrected chi connectivity index (χ2v) is 4.18. The minimum Gasteiger partial charge on any atom is -0.368 e. The van der Waals surface area contributed by atoms with Crippen molar-refractivity contribution in [3.8, 4) is 0 Å². The lowest BCUT2D eigenvalue weighted by molar-refractivity contribution is -0.120. The van der Waals surface area contributed by atoms with Gasteiger partial charge in [-0.3, -0.25) is 4.79 Å². The van der Waals surface area contributed by atoms with Crippen molar-refractivity contribution in [3.05, 3.63) is 45.0 Å². The molecule has 0 saturated heterocycles. The zero-order valence-electron chi connectivity index (χ0n) is 10.0. The summed E-state index contributed by atoms with van der Waals surface area (Å²) in [5.74, 6) is -1.15. The van der Waals surface area contributed by atoms with Gasteiger partial charge in [0, 0.05) is 11.5 Å². The monoisotopic (exact) mass is 285 g/mol. The van der Waals surface area contributed by atoms with Crippen molar-refractivity contribution in [2.45, 2.75) is 12.5 Å². The van der Waals surface area contributed by atoms with E-state index in [0.29, 0.717) is 25.1 Å². The molecule has 1 amide bonds. The van der Waals surface area contributed by atoms with Crippen LogP contribution in [0.3, 0.4) is 0 Å². The van der Waals surface area contributed by atoms with Gasteiger partial charge in [-0.25, -0.2) is 4.39 Å². The second-order valence-electron chi connectivity index (χ2n) is 3.77. The lowest BCUT2D eigenvalue weighted by Gasteiger charge is -2.16. The number of halogens is 2. The fourth-order valence-corrected chi connectivity index (χ4v) is 1.70. The molecule has 0 aliphatic heterocycles. The van der Waals surface area contributed by atoms with Crippen molar-refractivity contribution < 1.29 is 9.18 Å². The minimum absolute atomic E-state index is 0.0698. The average Bonchev–Trinajstić information content (AvgIpc) is 2.37. The summed E-state index contributed by atoms with van der Waals surface area (Å²) in [5, 5.41) is 6.20. The van der Waals surface area contributed by atoms with Gasteiger partial charge in [-0.15, -0.1) is 0 Å². The Bertz CT molecular complexity index is 504.